The minimum Gasteiger partial charge on any atom is -0.480 e. The maximum absolute atomic E-state index is 13.2. The second kappa shape index (κ2) is 9.41. The molecule has 1 saturated heterocycles. The van der Waals surface area contributed by atoms with E-state index in [1.54, 1.807) is 18.7 Å². The summed E-state index contributed by atoms with van der Waals surface area (Å²) >= 11 is 8.54. The van der Waals surface area contributed by atoms with Crippen molar-refractivity contribution in [2.24, 2.45) is 0 Å². The molecule has 1 amide bonds. The minimum absolute atomic E-state index is 0.0382. The zero-order chi connectivity index (χ0) is 24.7. The second-order valence-corrected chi connectivity index (χ2v) is 11.0. The Hall–Kier alpha value is -2.87. The van der Waals surface area contributed by atoms with Crippen LogP contribution < -0.4 is 19.7 Å². The van der Waals surface area contributed by atoms with Gasteiger partial charge in [-0.25, -0.2) is 0 Å². The Morgan fingerprint density at radius 3 is 2.41 bits per heavy atom. The van der Waals surface area contributed by atoms with E-state index in [4.69, 9.17) is 17.3 Å². The number of hydrogen-bond donors (Lipinski definition) is 2. The lowest BCUT2D eigenvalue weighted by atomic mass is 10.3. The van der Waals surface area contributed by atoms with Crippen LogP contribution in [-0.2, 0) is 20.9 Å². The molecular formula is C21H17N3O6S4. The highest BCUT2D eigenvalue weighted by Gasteiger charge is 2.35. The molecule has 34 heavy (non-hydrogen) atoms. The van der Waals surface area contributed by atoms with Gasteiger partial charge in [-0.15, -0.1) is 11.3 Å². The number of thiocarbonyl (C=S) groups is 1. The average molecular weight is 536 g/mol. The predicted octanol–water partition coefficient (Wildman–Crippen LogP) is 1.30. The van der Waals surface area contributed by atoms with Gasteiger partial charge in [-0.1, -0.05) is 47.9 Å². The molecule has 2 N–H and O–H groups in total. The third kappa shape index (κ3) is 4.43. The highest BCUT2D eigenvalue weighted by Crippen LogP contribution is 2.45. The van der Waals surface area contributed by atoms with Crippen LogP contribution in [-0.4, -0.2) is 55.4 Å². The average Bonchev–Trinajstić information content (AvgIpc) is 3.35. The Morgan fingerprint density at radius 1 is 1.09 bits per heavy atom. The molecule has 0 saturated carbocycles. The molecule has 1 fully saturated rings. The van der Waals surface area contributed by atoms with E-state index >= 15 is 0 Å². The van der Waals surface area contributed by atoms with Crippen molar-refractivity contribution < 1.29 is 24.6 Å². The number of nitrogens with zero attached hydrogens (tertiary/aromatic N) is 3. The molecule has 0 bridgehead atoms. The highest BCUT2D eigenvalue weighted by atomic mass is 32.2. The minimum atomic E-state index is -1.24. The molecule has 2 aliphatic rings. The number of allylic oxidation sites excluding steroid dienone is 1. The maximum Gasteiger partial charge on any atom is 0.323 e. The van der Waals surface area contributed by atoms with E-state index < -0.39 is 36.5 Å². The van der Waals surface area contributed by atoms with E-state index in [2.05, 4.69) is 0 Å². The van der Waals surface area contributed by atoms with Gasteiger partial charge in [0.25, 0.3) is 11.5 Å². The summed E-state index contributed by atoms with van der Waals surface area (Å²) in [5, 5.41) is 19.3. The molecule has 13 heteroatoms. The van der Waals surface area contributed by atoms with Gasteiger partial charge in [0.05, 0.1) is 15.2 Å². The molecule has 2 aliphatic heterocycles. The molecule has 0 aliphatic carbocycles. The van der Waals surface area contributed by atoms with Crippen LogP contribution in [0, 0.1) is 0 Å². The molecule has 2 aromatic rings. The van der Waals surface area contributed by atoms with Crippen LogP contribution >= 0.6 is 47.1 Å². The largest absolute Gasteiger partial charge is 0.480 e. The number of carboxylic acids is 2. The van der Waals surface area contributed by atoms with Gasteiger partial charge in [-0.2, -0.15) is 0 Å². The monoisotopic (exact) mass is 535 g/mol. The van der Waals surface area contributed by atoms with Crippen molar-refractivity contribution in [3.05, 3.63) is 54.9 Å². The number of fused-ring (bicyclic) bond motifs is 1. The summed E-state index contributed by atoms with van der Waals surface area (Å²) < 4.78 is 1.49. The molecule has 1 aromatic heterocycles. The first-order valence-electron chi connectivity index (χ1n) is 9.73. The van der Waals surface area contributed by atoms with Crippen LogP contribution in [0.2, 0.25) is 0 Å². The summed E-state index contributed by atoms with van der Waals surface area (Å²) in [6.45, 7) is 0.497. The summed E-state index contributed by atoms with van der Waals surface area (Å²) in [7, 11) is 1.92. The van der Waals surface area contributed by atoms with Crippen LogP contribution in [0.25, 0.3) is 10.5 Å². The van der Waals surface area contributed by atoms with E-state index in [0.717, 1.165) is 48.2 Å². The number of thioether (sulfide) groups is 2. The summed E-state index contributed by atoms with van der Waals surface area (Å²) in [5.41, 5.74) is 1.12. The van der Waals surface area contributed by atoms with Crippen molar-refractivity contribution in [3.8, 4) is 0 Å². The fourth-order valence-corrected chi connectivity index (χ4v) is 7.08. The zero-order valence-corrected chi connectivity index (χ0v) is 21.1. The Morgan fingerprint density at radius 2 is 1.76 bits per heavy atom. The fraction of sp³-hybridized carbons (Fsp3) is 0.190. The Labute approximate surface area is 210 Å². The maximum atomic E-state index is 13.2. The number of hydrogen-bond acceptors (Lipinski definition) is 9. The topological polar surface area (TPSA) is 120 Å². The van der Waals surface area contributed by atoms with Gasteiger partial charge in [-0.05, 0) is 30.7 Å². The number of para-hydroxylation sites is 1. The van der Waals surface area contributed by atoms with Crippen molar-refractivity contribution in [2.45, 2.75) is 18.4 Å². The van der Waals surface area contributed by atoms with Crippen molar-refractivity contribution in [1.82, 2.24) is 9.47 Å². The van der Waals surface area contributed by atoms with Gasteiger partial charge in [0.2, 0.25) is 0 Å². The first-order valence-corrected chi connectivity index (χ1v) is 12.6. The first-order chi connectivity index (χ1) is 16.1. The Bertz CT molecular complexity index is 1470. The van der Waals surface area contributed by atoms with E-state index in [1.807, 2.05) is 42.3 Å². The first kappa shape index (κ1) is 24.3. The summed E-state index contributed by atoms with van der Waals surface area (Å²) in [4.78, 5) is 52.7. The molecule has 0 spiro atoms. The van der Waals surface area contributed by atoms with Crippen LogP contribution in [0.5, 0.6) is 0 Å². The fourth-order valence-electron chi connectivity index (χ4n) is 3.40. The summed E-state index contributed by atoms with van der Waals surface area (Å²) in [6.07, 6.45) is 1.85. The van der Waals surface area contributed by atoms with Gasteiger partial charge in [-0.3, -0.25) is 28.6 Å². The van der Waals surface area contributed by atoms with Gasteiger partial charge in [0.15, 0.2) is 0 Å². The third-order valence-electron chi connectivity index (χ3n) is 4.98. The summed E-state index contributed by atoms with van der Waals surface area (Å²) in [5.74, 6) is -3.14. The molecule has 176 valence electrons. The molecular weight excluding hydrogens is 519 g/mol. The van der Waals surface area contributed by atoms with Crippen LogP contribution in [0.3, 0.4) is 0 Å². The van der Waals surface area contributed by atoms with Crippen molar-refractivity contribution in [2.75, 3.05) is 18.5 Å². The number of carbonyl (C=O) groups is 3. The van der Waals surface area contributed by atoms with Gasteiger partial charge < -0.3 is 15.1 Å². The van der Waals surface area contributed by atoms with E-state index in [-0.39, 0.29) is 18.4 Å². The number of carboxylic acid groups (broad SMARTS) is 2. The molecule has 1 aromatic carbocycles. The number of benzene rings is 1. The number of amides is 1. The number of aliphatic carboxylic acids is 2. The Kier molecular flexibility index (Phi) is 6.71. The standard InChI is InChI=1S/C21H17N3O6S4/c1-10(7-13-22(2)11-5-3-4-6-12(11)32-13)16-18(29)23(8-14(25)26)20(33-16)17-19(30)24(9-15(27)28)21(31)34-17/h3-7H,8-9H2,1-2H3,(H,25,26)(H,27,28)/b13-7?,16-10+,20-17+. The van der Waals surface area contributed by atoms with E-state index in [9.17, 15) is 24.3 Å². The number of anilines is 1. The van der Waals surface area contributed by atoms with Crippen molar-refractivity contribution in [1.29, 1.82) is 0 Å². The molecule has 0 radical (unpaired) electrons. The molecule has 4 rings (SSSR count). The molecule has 0 atom stereocenters. The predicted molar refractivity (Wildman–Crippen MR) is 136 cm³/mol. The van der Waals surface area contributed by atoms with Crippen LogP contribution in [0.1, 0.15) is 6.92 Å². The smallest absolute Gasteiger partial charge is 0.323 e. The van der Waals surface area contributed by atoms with E-state index in [1.165, 1.54) is 0 Å². The highest BCUT2D eigenvalue weighted by molar-refractivity contribution is 8.30. The quantitative estimate of drug-likeness (QED) is 0.542. The number of aromatic nitrogens is 1. The van der Waals surface area contributed by atoms with Gasteiger partial charge in [0, 0.05) is 11.9 Å². The summed E-state index contributed by atoms with van der Waals surface area (Å²) in [6, 6.07) is 7.88. The van der Waals surface area contributed by atoms with Gasteiger partial charge in [0.1, 0.15) is 27.0 Å². The lowest BCUT2D eigenvalue weighted by Gasteiger charge is -2.13. The van der Waals surface area contributed by atoms with Crippen molar-refractivity contribution in [3.63, 3.8) is 0 Å². The molecule has 9 nitrogen and oxygen atoms in total. The SMILES string of the molecule is C/C(C=C1Sc2ccccc2N1C)=c1\s/c(=C2/SC(=S)N(CC(=O)O)C2=O)n(CC(=O)O)c1=O. The third-order valence-corrected chi connectivity index (χ3v) is 9.03. The van der Waals surface area contributed by atoms with Crippen molar-refractivity contribution >= 4 is 85.4 Å². The van der Waals surface area contributed by atoms with Gasteiger partial charge >= 0.3 is 11.9 Å². The Balaban J connectivity index is 1.88. The molecule has 3 heterocycles. The number of carbonyl (C=O) groups excluding carboxylic acids is 1. The zero-order valence-electron chi connectivity index (χ0n) is 17.8. The normalized spacial score (nSPS) is 19.2. The van der Waals surface area contributed by atoms with Crippen LogP contribution in [0.15, 0.2) is 45.1 Å². The molecule has 0 unspecified atom stereocenters. The lowest BCUT2D eigenvalue weighted by Crippen LogP contribution is -2.37. The number of rotatable bonds is 5. The lowest BCUT2D eigenvalue weighted by molar-refractivity contribution is -0.140. The van der Waals surface area contributed by atoms with E-state index in [0.29, 0.717) is 5.57 Å². The number of thiazole rings is 1. The second-order valence-electron chi connectivity index (χ2n) is 7.30. The van der Waals surface area contributed by atoms with Crippen LogP contribution in [0.4, 0.5) is 5.69 Å².